The Bertz CT molecular complexity index is 1320. The molecule has 1 heterocycles. The van der Waals surface area contributed by atoms with Crippen molar-refractivity contribution in [2.24, 2.45) is 0 Å². The van der Waals surface area contributed by atoms with Crippen molar-refractivity contribution in [3.05, 3.63) is 71.0 Å². The van der Waals surface area contributed by atoms with Crippen molar-refractivity contribution in [1.29, 1.82) is 0 Å². The molecule has 0 spiro atoms. The van der Waals surface area contributed by atoms with Gasteiger partial charge in [-0.2, -0.15) is 13.2 Å². The van der Waals surface area contributed by atoms with Crippen molar-refractivity contribution in [1.82, 2.24) is 9.97 Å². The highest BCUT2D eigenvalue weighted by Crippen LogP contribution is 2.28. The summed E-state index contributed by atoms with van der Waals surface area (Å²) in [5.74, 6) is -0.484. The summed E-state index contributed by atoms with van der Waals surface area (Å²) < 4.78 is 68.9. The third kappa shape index (κ3) is 7.75. The average Bonchev–Trinajstić information content (AvgIpc) is 2.78. The molecule has 0 radical (unpaired) electrons. The van der Waals surface area contributed by atoms with Gasteiger partial charge in [0, 0.05) is 30.2 Å². The fourth-order valence-electron chi connectivity index (χ4n) is 2.55. The summed E-state index contributed by atoms with van der Waals surface area (Å²) in [6.45, 7) is -1.63. The van der Waals surface area contributed by atoms with Gasteiger partial charge in [-0.3, -0.25) is 10.1 Å². The van der Waals surface area contributed by atoms with Crippen molar-refractivity contribution in [3.63, 3.8) is 0 Å². The third-order valence-corrected chi connectivity index (χ3v) is 5.52. The Balaban J connectivity index is 1.68. The molecule has 3 N–H and O–H groups in total. The highest BCUT2D eigenvalue weighted by atomic mass is 32.2. The summed E-state index contributed by atoms with van der Waals surface area (Å²) in [5, 5.41) is 16.4. The maximum Gasteiger partial charge on any atom is 0.422 e. The Morgan fingerprint density at radius 3 is 2.29 bits per heavy atom. The Labute approximate surface area is 201 Å². The molecule has 0 aliphatic heterocycles. The van der Waals surface area contributed by atoms with Crippen LogP contribution in [0.3, 0.4) is 0 Å². The zero-order chi connectivity index (χ0) is 25.6. The first-order valence-corrected chi connectivity index (χ1v) is 11.3. The molecule has 0 atom stereocenters. The Morgan fingerprint density at radius 2 is 1.69 bits per heavy atom. The molecule has 3 aromatic rings. The number of hydrogen-bond donors (Lipinski definition) is 3. The molecule has 2 aromatic carbocycles. The normalized spacial score (nSPS) is 11.4. The fourth-order valence-corrected chi connectivity index (χ4v) is 3.74. The first-order chi connectivity index (χ1) is 16.4. The smallest absolute Gasteiger partial charge is 0.422 e. The lowest BCUT2D eigenvalue weighted by molar-refractivity contribution is -0.384. The lowest BCUT2D eigenvalue weighted by atomic mass is 10.2. The van der Waals surface area contributed by atoms with E-state index in [1.165, 1.54) is 42.7 Å². The number of anilines is 3. The minimum Gasteiger partial charge on any atom is -0.484 e. The molecule has 0 fully saturated rings. The molecule has 16 heteroatoms. The molecule has 35 heavy (non-hydrogen) atoms. The molecular weight excluding hydrogens is 513 g/mol. The molecule has 184 valence electrons. The largest absolute Gasteiger partial charge is 0.484 e. The number of thiocarbonyl (C=S) groups is 1. The van der Waals surface area contributed by atoms with E-state index in [-0.39, 0.29) is 27.4 Å². The quantitative estimate of drug-likeness (QED) is 0.223. The van der Waals surface area contributed by atoms with Crippen LogP contribution in [0.25, 0.3) is 0 Å². The zero-order valence-electron chi connectivity index (χ0n) is 17.3. The predicted octanol–water partition coefficient (Wildman–Crippen LogP) is 3.94. The number of nitrogens with one attached hydrogen (secondary N) is 3. The molecule has 3 rings (SSSR count). The van der Waals surface area contributed by atoms with Gasteiger partial charge in [-0.1, -0.05) is 0 Å². The van der Waals surface area contributed by atoms with Gasteiger partial charge in [-0.15, -0.1) is 0 Å². The van der Waals surface area contributed by atoms with Crippen LogP contribution in [0.1, 0.15) is 0 Å². The molecule has 0 saturated carbocycles. The number of hydrogen-bond acceptors (Lipinski definition) is 8. The van der Waals surface area contributed by atoms with Gasteiger partial charge in [-0.05, 0) is 42.5 Å². The number of alkyl halides is 3. The van der Waals surface area contributed by atoms with Crippen molar-refractivity contribution in [2.45, 2.75) is 11.1 Å². The van der Waals surface area contributed by atoms with Gasteiger partial charge < -0.3 is 15.4 Å². The fraction of sp³-hybridized carbons (Fsp3) is 0.105. The van der Waals surface area contributed by atoms with E-state index >= 15 is 0 Å². The minimum absolute atomic E-state index is 0.000124. The second-order valence-electron chi connectivity index (χ2n) is 6.66. The van der Waals surface area contributed by atoms with Gasteiger partial charge in [0.25, 0.3) is 15.7 Å². The van der Waals surface area contributed by atoms with E-state index < -0.39 is 33.4 Å². The van der Waals surface area contributed by atoms with Crippen LogP contribution in [-0.2, 0) is 10.0 Å². The summed E-state index contributed by atoms with van der Waals surface area (Å²) >= 11 is 5.13. The van der Waals surface area contributed by atoms with Gasteiger partial charge in [-0.25, -0.2) is 23.1 Å². The van der Waals surface area contributed by atoms with Crippen molar-refractivity contribution < 1.29 is 31.2 Å². The lowest BCUT2D eigenvalue weighted by Crippen LogP contribution is -2.20. The van der Waals surface area contributed by atoms with Crippen LogP contribution in [0.5, 0.6) is 5.75 Å². The van der Waals surface area contributed by atoms with Crippen molar-refractivity contribution in [3.8, 4) is 5.75 Å². The number of nitrogens with zero attached hydrogens (tertiary/aromatic N) is 3. The van der Waals surface area contributed by atoms with Crippen LogP contribution in [0.2, 0.25) is 0 Å². The number of rotatable bonds is 8. The van der Waals surface area contributed by atoms with Crippen LogP contribution in [-0.4, -0.2) is 41.2 Å². The van der Waals surface area contributed by atoms with Gasteiger partial charge in [0.2, 0.25) is 5.95 Å². The standard InChI is InChI=1S/C19H15F3N6O5S2/c20-19(21,22)11-33-15-9-13(8-14(10-15)28(29)30)26-18(34)25-12-2-4-16(5-3-12)35(31,32)27-17-23-6-1-7-24-17/h1-10H,11H2,(H,23,24,27)(H2,25,26,34). The summed E-state index contributed by atoms with van der Waals surface area (Å²) in [6.07, 6.45) is -1.88. The van der Waals surface area contributed by atoms with Crippen LogP contribution < -0.4 is 20.1 Å². The first kappa shape index (κ1) is 25.6. The van der Waals surface area contributed by atoms with E-state index in [9.17, 15) is 31.7 Å². The van der Waals surface area contributed by atoms with E-state index in [0.717, 1.165) is 18.2 Å². The van der Waals surface area contributed by atoms with Crippen LogP contribution in [0.15, 0.2) is 65.8 Å². The van der Waals surface area contributed by atoms with Crippen LogP contribution >= 0.6 is 12.2 Å². The van der Waals surface area contributed by atoms with Crippen molar-refractivity contribution in [2.75, 3.05) is 22.0 Å². The molecule has 1 aromatic heterocycles. The molecule has 0 bridgehead atoms. The minimum atomic E-state index is -4.63. The number of non-ortho nitro benzene ring substituents is 1. The second kappa shape index (κ2) is 10.5. The zero-order valence-corrected chi connectivity index (χ0v) is 18.9. The number of halogens is 3. The third-order valence-electron chi connectivity index (χ3n) is 3.98. The summed E-state index contributed by atoms with van der Waals surface area (Å²) in [7, 11) is -3.95. The number of aromatic nitrogens is 2. The number of ether oxygens (including phenoxy) is 1. The highest BCUT2D eigenvalue weighted by molar-refractivity contribution is 7.92. The maximum absolute atomic E-state index is 12.4. The maximum atomic E-state index is 12.4. The first-order valence-electron chi connectivity index (χ1n) is 9.38. The summed E-state index contributed by atoms with van der Waals surface area (Å²) in [6, 6.07) is 9.92. The molecule has 0 aliphatic rings. The van der Waals surface area contributed by atoms with Gasteiger partial charge in [0.05, 0.1) is 21.6 Å². The van der Waals surface area contributed by atoms with Gasteiger partial charge in [0.15, 0.2) is 11.7 Å². The molecular formula is C19H15F3N6O5S2. The molecule has 11 nitrogen and oxygen atoms in total. The average molecular weight is 528 g/mol. The molecule has 0 amide bonds. The monoisotopic (exact) mass is 528 g/mol. The van der Waals surface area contributed by atoms with Crippen LogP contribution in [0, 0.1) is 10.1 Å². The topological polar surface area (TPSA) is 148 Å². The number of benzene rings is 2. The number of nitro groups is 1. The van der Waals surface area contributed by atoms with Gasteiger partial charge >= 0.3 is 6.18 Å². The second-order valence-corrected chi connectivity index (χ2v) is 8.75. The summed E-state index contributed by atoms with van der Waals surface area (Å²) in [4.78, 5) is 17.8. The lowest BCUT2D eigenvalue weighted by Gasteiger charge is -2.13. The van der Waals surface area contributed by atoms with E-state index in [0.29, 0.717) is 5.69 Å². The van der Waals surface area contributed by atoms with Crippen LogP contribution in [0.4, 0.5) is 36.2 Å². The van der Waals surface area contributed by atoms with E-state index in [2.05, 4.69) is 30.1 Å². The summed E-state index contributed by atoms with van der Waals surface area (Å²) in [5.41, 5.74) is -0.157. The Morgan fingerprint density at radius 1 is 1.06 bits per heavy atom. The van der Waals surface area contributed by atoms with Gasteiger partial charge in [0.1, 0.15) is 5.75 Å². The van der Waals surface area contributed by atoms with E-state index in [4.69, 9.17) is 12.2 Å². The van der Waals surface area contributed by atoms with Crippen molar-refractivity contribution >= 4 is 50.4 Å². The number of nitro benzene ring substituents is 1. The Kier molecular flexibility index (Phi) is 7.65. The molecule has 0 saturated heterocycles. The van der Waals surface area contributed by atoms with E-state index in [1.807, 2.05) is 0 Å². The number of sulfonamides is 1. The molecule has 0 aliphatic carbocycles. The highest BCUT2D eigenvalue weighted by Gasteiger charge is 2.29. The SMILES string of the molecule is O=[N+]([O-])c1cc(NC(=S)Nc2ccc(S(=O)(=O)Nc3ncccn3)cc2)cc(OCC(F)(F)F)c1. The van der Waals surface area contributed by atoms with E-state index in [1.54, 1.807) is 0 Å². The molecule has 0 unspecified atom stereocenters. The predicted molar refractivity (Wildman–Crippen MR) is 124 cm³/mol. The Hall–Kier alpha value is -4.05.